The van der Waals surface area contributed by atoms with Crippen LogP contribution in [0.3, 0.4) is 0 Å². The fraction of sp³-hybridized carbons (Fsp3) is 0.462. The number of benzene rings is 1. The highest BCUT2D eigenvalue weighted by atomic mass is 35.5. The van der Waals surface area contributed by atoms with Gasteiger partial charge in [-0.15, -0.1) is 11.8 Å². The van der Waals surface area contributed by atoms with E-state index in [0.29, 0.717) is 18.0 Å². The molecule has 1 aromatic rings. The van der Waals surface area contributed by atoms with Crippen molar-refractivity contribution in [3.05, 3.63) is 28.8 Å². The van der Waals surface area contributed by atoms with Crippen molar-refractivity contribution >= 4 is 29.3 Å². The summed E-state index contributed by atoms with van der Waals surface area (Å²) in [6.45, 7) is 0.591. The second-order valence-corrected chi connectivity index (χ2v) is 5.71. The molecule has 2 N–H and O–H groups in total. The minimum Gasteiger partial charge on any atom is -0.497 e. The largest absolute Gasteiger partial charge is 0.497 e. The molecule has 0 spiro atoms. The molecule has 1 aliphatic rings. The molecule has 1 amide bonds. The molecule has 0 bridgehead atoms. The Morgan fingerprint density at radius 3 is 3.11 bits per heavy atom. The summed E-state index contributed by atoms with van der Waals surface area (Å²) in [5.74, 6) is 2.50. The number of amides is 1. The van der Waals surface area contributed by atoms with Crippen molar-refractivity contribution < 1.29 is 9.53 Å². The molecule has 1 fully saturated rings. The average Bonchev–Trinajstić information content (AvgIpc) is 2.94. The van der Waals surface area contributed by atoms with Crippen LogP contribution in [0, 0.1) is 0 Å². The molecule has 2 rings (SSSR count). The van der Waals surface area contributed by atoms with Gasteiger partial charge < -0.3 is 10.1 Å². The van der Waals surface area contributed by atoms with Crippen LogP contribution < -0.4 is 15.4 Å². The Labute approximate surface area is 122 Å². The van der Waals surface area contributed by atoms with Gasteiger partial charge in [-0.1, -0.05) is 17.7 Å². The third-order valence-electron chi connectivity index (χ3n) is 2.99. The van der Waals surface area contributed by atoms with E-state index in [4.69, 9.17) is 16.3 Å². The Morgan fingerprint density at radius 2 is 2.47 bits per heavy atom. The van der Waals surface area contributed by atoms with Gasteiger partial charge in [0.05, 0.1) is 13.2 Å². The van der Waals surface area contributed by atoms with Gasteiger partial charge in [0.2, 0.25) is 5.91 Å². The minimum atomic E-state index is -0.0589. The first-order valence-electron chi connectivity index (χ1n) is 6.12. The first-order valence-corrected chi connectivity index (χ1v) is 7.65. The summed E-state index contributed by atoms with van der Waals surface area (Å²) in [7, 11) is 1.61. The van der Waals surface area contributed by atoms with Crippen molar-refractivity contribution in [1.29, 1.82) is 0 Å². The first kappa shape index (κ1) is 14.5. The monoisotopic (exact) mass is 300 g/mol. The molecule has 104 valence electrons. The maximum atomic E-state index is 11.8. The van der Waals surface area contributed by atoms with Gasteiger partial charge in [0.25, 0.3) is 0 Å². The molecule has 1 aromatic carbocycles. The van der Waals surface area contributed by atoms with Crippen LogP contribution in [0.15, 0.2) is 18.2 Å². The maximum Gasteiger partial charge on any atom is 0.238 e. The average molecular weight is 301 g/mol. The van der Waals surface area contributed by atoms with E-state index in [0.717, 1.165) is 22.9 Å². The molecular weight excluding hydrogens is 284 g/mol. The predicted octanol–water partition coefficient (Wildman–Crippen LogP) is 1.67. The lowest BCUT2D eigenvalue weighted by atomic mass is 10.1. The highest BCUT2D eigenvalue weighted by Crippen LogP contribution is 2.22. The number of hydrogen-bond donors (Lipinski definition) is 2. The number of methoxy groups -OCH3 is 1. The van der Waals surface area contributed by atoms with Crippen molar-refractivity contribution in [3.8, 4) is 5.75 Å². The lowest BCUT2D eigenvalue weighted by Gasteiger charge is -2.11. The Bertz CT molecular complexity index is 450. The van der Waals surface area contributed by atoms with Gasteiger partial charge in [-0.2, -0.15) is 0 Å². The second-order valence-electron chi connectivity index (χ2n) is 4.27. The highest BCUT2D eigenvalue weighted by Gasteiger charge is 2.21. The number of ether oxygens (including phenoxy) is 1. The number of carbonyl (C=O) groups excluding carboxylic acids is 1. The standard InChI is InChI=1S/C13H17ClN2O2S/c1-18-10-3-2-9(11(14)6-10)4-5-15-13(17)12-7-19-8-16-12/h2-3,6,12,16H,4-5,7-8H2,1H3,(H,15,17)/t12-/m1/s1. The van der Waals surface area contributed by atoms with Gasteiger partial charge in [-0.25, -0.2) is 0 Å². The molecule has 0 unspecified atom stereocenters. The second kappa shape index (κ2) is 7.03. The third-order valence-corrected chi connectivity index (χ3v) is 4.28. The van der Waals surface area contributed by atoms with Crippen LogP contribution in [0.25, 0.3) is 0 Å². The van der Waals surface area contributed by atoms with Crippen molar-refractivity contribution in [2.75, 3.05) is 25.3 Å². The molecule has 0 aliphatic carbocycles. The maximum absolute atomic E-state index is 11.8. The van der Waals surface area contributed by atoms with Crippen molar-refractivity contribution in [2.24, 2.45) is 0 Å². The number of carbonyl (C=O) groups is 1. The number of hydrogen-bond acceptors (Lipinski definition) is 4. The summed E-state index contributed by atoms with van der Waals surface area (Å²) < 4.78 is 5.10. The number of nitrogens with one attached hydrogen (secondary N) is 2. The van der Waals surface area contributed by atoms with E-state index < -0.39 is 0 Å². The van der Waals surface area contributed by atoms with Crippen molar-refractivity contribution in [3.63, 3.8) is 0 Å². The van der Waals surface area contributed by atoms with Crippen LogP contribution in [0.2, 0.25) is 5.02 Å². The molecule has 1 heterocycles. The molecule has 1 saturated heterocycles. The normalized spacial score (nSPS) is 18.3. The summed E-state index contributed by atoms with van der Waals surface area (Å²) in [5.41, 5.74) is 1.01. The molecule has 0 radical (unpaired) electrons. The summed E-state index contributed by atoms with van der Waals surface area (Å²) in [4.78, 5) is 11.8. The van der Waals surface area contributed by atoms with E-state index in [1.165, 1.54) is 0 Å². The SMILES string of the molecule is COc1ccc(CCNC(=O)[C@H]2CSCN2)c(Cl)c1. The lowest BCUT2D eigenvalue weighted by Crippen LogP contribution is -2.42. The molecule has 1 aliphatic heterocycles. The van der Waals surface area contributed by atoms with Crippen LogP contribution in [-0.2, 0) is 11.2 Å². The molecule has 19 heavy (non-hydrogen) atoms. The number of halogens is 1. The van der Waals surface area contributed by atoms with Gasteiger partial charge >= 0.3 is 0 Å². The van der Waals surface area contributed by atoms with Crippen molar-refractivity contribution in [1.82, 2.24) is 10.6 Å². The smallest absolute Gasteiger partial charge is 0.238 e. The Morgan fingerprint density at radius 1 is 1.63 bits per heavy atom. The molecular formula is C13H17ClN2O2S. The van der Waals surface area contributed by atoms with E-state index >= 15 is 0 Å². The summed E-state index contributed by atoms with van der Waals surface area (Å²) in [5, 5.41) is 6.73. The van der Waals surface area contributed by atoms with Gasteiger partial charge in [0.1, 0.15) is 5.75 Å². The van der Waals surface area contributed by atoms with E-state index in [1.807, 2.05) is 12.1 Å². The van der Waals surface area contributed by atoms with E-state index in [2.05, 4.69) is 10.6 Å². The lowest BCUT2D eigenvalue weighted by molar-refractivity contribution is -0.122. The fourth-order valence-corrected chi connectivity index (χ4v) is 3.07. The Balaban J connectivity index is 1.80. The van der Waals surface area contributed by atoms with Crippen LogP contribution >= 0.6 is 23.4 Å². The Hall–Kier alpha value is -0.910. The zero-order chi connectivity index (χ0) is 13.7. The van der Waals surface area contributed by atoms with Crippen LogP contribution in [0.4, 0.5) is 0 Å². The third kappa shape index (κ3) is 4.03. The Kier molecular flexibility index (Phi) is 5.36. The predicted molar refractivity (Wildman–Crippen MR) is 79.0 cm³/mol. The highest BCUT2D eigenvalue weighted by molar-refractivity contribution is 7.99. The molecule has 0 saturated carbocycles. The van der Waals surface area contributed by atoms with Gasteiger partial charge in [-0.05, 0) is 24.1 Å². The number of rotatable bonds is 5. The van der Waals surface area contributed by atoms with Crippen LogP contribution in [0.1, 0.15) is 5.56 Å². The minimum absolute atomic E-state index is 0.0589. The molecule has 1 atom stereocenters. The van der Waals surface area contributed by atoms with E-state index in [1.54, 1.807) is 24.9 Å². The van der Waals surface area contributed by atoms with Crippen LogP contribution in [0.5, 0.6) is 5.75 Å². The van der Waals surface area contributed by atoms with Gasteiger partial charge in [0.15, 0.2) is 0 Å². The van der Waals surface area contributed by atoms with E-state index in [-0.39, 0.29) is 11.9 Å². The van der Waals surface area contributed by atoms with Gasteiger partial charge in [0, 0.05) is 23.2 Å². The quantitative estimate of drug-likeness (QED) is 0.868. The number of thioether (sulfide) groups is 1. The molecule has 0 aromatic heterocycles. The zero-order valence-electron chi connectivity index (χ0n) is 10.7. The first-order chi connectivity index (χ1) is 9.20. The van der Waals surface area contributed by atoms with Crippen LogP contribution in [-0.4, -0.2) is 37.2 Å². The topological polar surface area (TPSA) is 50.4 Å². The van der Waals surface area contributed by atoms with Crippen molar-refractivity contribution in [2.45, 2.75) is 12.5 Å². The zero-order valence-corrected chi connectivity index (χ0v) is 12.3. The molecule has 4 nitrogen and oxygen atoms in total. The fourth-order valence-electron chi connectivity index (χ4n) is 1.86. The summed E-state index contributed by atoms with van der Waals surface area (Å²) in [6.07, 6.45) is 0.717. The molecule has 6 heteroatoms. The van der Waals surface area contributed by atoms with Gasteiger partial charge in [-0.3, -0.25) is 10.1 Å². The summed E-state index contributed by atoms with van der Waals surface area (Å²) in [6, 6.07) is 5.53. The van der Waals surface area contributed by atoms with E-state index in [9.17, 15) is 4.79 Å². The summed E-state index contributed by atoms with van der Waals surface area (Å²) >= 11 is 7.88.